The second-order valence-electron chi connectivity index (χ2n) is 5.45. The van der Waals surface area contributed by atoms with E-state index in [-0.39, 0.29) is 10.8 Å². The zero-order valence-electron chi connectivity index (χ0n) is 12.8. The molecule has 1 fully saturated rings. The highest BCUT2D eigenvalue weighted by Gasteiger charge is 2.14. The van der Waals surface area contributed by atoms with Gasteiger partial charge in [-0.25, -0.2) is 13.1 Å². The first kappa shape index (κ1) is 16.9. The average Bonchev–Trinajstić information content (AvgIpc) is 3.05. The van der Waals surface area contributed by atoms with E-state index in [0.29, 0.717) is 25.4 Å². The molecule has 1 aliphatic rings. The Morgan fingerprint density at radius 2 is 2.05 bits per heavy atom. The fourth-order valence-electron chi connectivity index (χ4n) is 2.47. The summed E-state index contributed by atoms with van der Waals surface area (Å²) in [5.41, 5.74) is 0.948. The number of hydrogen-bond donors (Lipinski definition) is 3. The number of carbonyl (C=O) groups is 1. The van der Waals surface area contributed by atoms with Crippen LogP contribution in [0.4, 0.5) is 0 Å². The van der Waals surface area contributed by atoms with Crippen molar-refractivity contribution in [3.05, 3.63) is 29.8 Å². The van der Waals surface area contributed by atoms with Gasteiger partial charge in [0, 0.05) is 19.0 Å². The van der Waals surface area contributed by atoms with E-state index in [1.807, 2.05) is 0 Å². The van der Waals surface area contributed by atoms with Crippen LogP contribution in [0.15, 0.2) is 29.2 Å². The van der Waals surface area contributed by atoms with Crippen LogP contribution in [0, 0.1) is 0 Å². The van der Waals surface area contributed by atoms with E-state index in [1.165, 1.54) is 13.5 Å². The van der Waals surface area contributed by atoms with Crippen molar-refractivity contribution in [2.24, 2.45) is 0 Å². The molecule has 3 N–H and O–H groups in total. The van der Waals surface area contributed by atoms with Gasteiger partial charge in [-0.2, -0.15) is 0 Å². The second kappa shape index (κ2) is 7.71. The second-order valence-corrected chi connectivity index (χ2v) is 7.34. The SMILES string of the molecule is CNS(=O)(=O)c1ccc(CCC(=O)NCC2CCCN2)cc1. The van der Waals surface area contributed by atoms with Crippen LogP contribution in [-0.4, -0.2) is 40.5 Å². The first-order valence-electron chi connectivity index (χ1n) is 7.54. The molecule has 1 aliphatic heterocycles. The van der Waals surface area contributed by atoms with E-state index in [4.69, 9.17) is 0 Å². The highest BCUT2D eigenvalue weighted by molar-refractivity contribution is 7.89. The highest BCUT2D eigenvalue weighted by atomic mass is 32.2. The molecule has 122 valence electrons. The number of aryl methyl sites for hydroxylation is 1. The summed E-state index contributed by atoms with van der Waals surface area (Å²) in [5.74, 6) is 0.0284. The van der Waals surface area contributed by atoms with Crippen molar-refractivity contribution in [3.8, 4) is 0 Å². The number of carbonyl (C=O) groups excluding carboxylic acids is 1. The third-order valence-corrected chi connectivity index (χ3v) is 5.28. The van der Waals surface area contributed by atoms with Gasteiger partial charge in [0.2, 0.25) is 15.9 Å². The van der Waals surface area contributed by atoms with Crippen molar-refractivity contribution < 1.29 is 13.2 Å². The maximum Gasteiger partial charge on any atom is 0.240 e. The summed E-state index contributed by atoms with van der Waals surface area (Å²) >= 11 is 0. The van der Waals surface area contributed by atoms with E-state index in [1.54, 1.807) is 24.3 Å². The van der Waals surface area contributed by atoms with E-state index >= 15 is 0 Å². The molecule has 0 saturated carbocycles. The van der Waals surface area contributed by atoms with Crippen LogP contribution in [-0.2, 0) is 21.2 Å². The van der Waals surface area contributed by atoms with Gasteiger partial charge in [0.05, 0.1) is 4.90 Å². The average molecular weight is 325 g/mol. The highest BCUT2D eigenvalue weighted by Crippen LogP contribution is 2.11. The number of amides is 1. The van der Waals surface area contributed by atoms with Crippen molar-refractivity contribution in [2.45, 2.75) is 36.6 Å². The maximum atomic E-state index is 11.8. The molecule has 1 heterocycles. The van der Waals surface area contributed by atoms with E-state index in [0.717, 1.165) is 18.5 Å². The minimum atomic E-state index is -3.40. The molecular formula is C15H23N3O3S. The predicted octanol–water partition coefficient (Wildman–Crippen LogP) is 0.396. The monoisotopic (exact) mass is 325 g/mol. The molecule has 1 aromatic carbocycles. The van der Waals surface area contributed by atoms with E-state index in [2.05, 4.69) is 15.4 Å². The molecule has 1 aromatic rings. The van der Waals surface area contributed by atoms with Crippen LogP contribution < -0.4 is 15.4 Å². The molecule has 0 radical (unpaired) electrons. The van der Waals surface area contributed by atoms with E-state index < -0.39 is 10.0 Å². The van der Waals surface area contributed by atoms with Crippen molar-refractivity contribution in [2.75, 3.05) is 20.1 Å². The Morgan fingerprint density at radius 1 is 1.32 bits per heavy atom. The van der Waals surface area contributed by atoms with Gasteiger partial charge in [0.25, 0.3) is 0 Å². The first-order valence-corrected chi connectivity index (χ1v) is 9.02. The van der Waals surface area contributed by atoms with Gasteiger partial charge in [-0.15, -0.1) is 0 Å². The van der Waals surface area contributed by atoms with Crippen LogP contribution in [0.5, 0.6) is 0 Å². The van der Waals surface area contributed by atoms with Crippen molar-refractivity contribution >= 4 is 15.9 Å². The largest absolute Gasteiger partial charge is 0.355 e. The molecule has 0 aliphatic carbocycles. The van der Waals surface area contributed by atoms with Crippen molar-refractivity contribution in [1.29, 1.82) is 0 Å². The van der Waals surface area contributed by atoms with Crippen LogP contribution >= 0.6 is 0 Å². The van der Waals surface area contributed by atoms with Crippen LogP contribution in [0.1, 0.15) is 24.8 Å². The van der Waals surface area contributed by atoms with Gasteiger partial charge >= 0.3 is 0 Å². The van der Waals surface area contributed by atoms with Gasteiger partial charge in [-0.1, -0.05) is 12.1 Å². The zero-order chi connectivity index (χ0) is 16.0. The number of benzene rings is 1. The van der Waals surface area contributed by atoms with Gasteiger partial charge in [0.1, 0.15) is 0 Å². The summed E-state index contributed by atoms with van der Waals surface area (Å²) in [7, 11) is -2.02. The number of hydrogen-bond acceptors (Lipinski definition) is 4. The standard InChI is InChI=1S/C15H23N3O3S/c1-16-22(20,21)14-7-4-12(5-8-14)6-9-15(19)18-11-13-3-2-10-17-13/h4-5,7-8,13,16-17H,2-3,6,9-11H2,1H3,(H,18,19). The molecule has 1 saturated heterocycles. The smallest absolute Gasteiger partial charge is 0.240 e. The van der Waals surface area contributed by atoms with Gasteiger partial charge in [-0.05, 0) is 50.6 Å². The minimum absolute atomic E-state index is 0.0284. The summed E-state index contributed by atoms with van der Waals surface area (Å²) in [4.78, 5) is 12.0. The van der Waals surface area contributed by atoms with Crippen LogP contribution in [0.2, 0.25) is 0 Å². The Hall–Kier alpha value is -1.44. The Balaban J connectivity index is 1.77. The van der Waals surface area contributed by atoms with E-state index in [9.17, 15) is 13.2 Å². The molecule has 2 rings (SSSR count). The number of sulfonamides is 1. The molecule has 1 amide bonds. The summed E-state index contributed by atoms with van der Waals surface area (Å²) in [6, 6.07) is 7.00. The molecule has 0 bridgehead atoms. The topological polar surface area (TPSA) is 87.3 Å². The summed E-state index contributed by atoms with van der Waals surface area (Å²) < 4.78 is 25.5. The summed E-state index contributed by atoms with van der Waals surface area (Å²) in [6.45, 7) is 1.71. The third kappa shape index (κ3) is 4.79. The molecule has 1 atom stereocenters. The Kier molecular flexibility index (Phi) is 5.93. The predicted molar refractivity (Wildman–Crippen MR) is 85.0 cm³/mol. The molecule has 0 spiro atoms. The fraction of sp³-hybridized carbons (Fsp3) is 0.533. The van der Waals surface area contributed by atoms with Crippen LogP contribution in [0.3, 0.4) is 0 Å². The lowest BCUT2D eigenvalue weighted by Crippen LogP contribution is -2.37. The Labute approximate surface area is 131 Å². The van der Waals surface area contributed by atoms with Crippen LogP contribution in [0.25, 0.3) is 0 Å². The Morgan fingerprint density at radius 3 is 2.64 bits per heavy atom. The van der Waals surface area contributed by atoms with Crippen molar-refractivity contribution in [3.63, 3.8) is 0 Å². The third-order valence-electron chi connectivity index (χ3n) is 3.85. The quantitative estimate of drug-likeness (QED) is 0.677. The summed E-state index contributed by atoms with van der Waals surface area (Å²) in [6.07, 6.45) is 3.29. The van der Waals surface area contributed by atoms with Crippen molar-refractivity contribution in [1.82, 2.24) is 15.4 Å². The normalized spacial score (nSPS) is 18.3. The lowest BCUT2D eigenvalue weighted by Gasteiger charge is -2.11. The fourth-order valence-corrected chi connectivity index (χ4v) is 3.20. The maximum absolute atomic E-state index is 11.8. The molecule has 1 unspecified atom stereocenters. The minimum Gasteiger partial charge on any atom is -0.355 e. The lowest BCUT2D eigenvalue weighted by molar-refractivity contribution is -0.121. The molecule has 6 nitrogen and oxygen atoms in total. The Bertz CT molecular complexity index is 593. The number of nitrogens with one attached hydrogen (secondary N) is 3. The van der Waals surface area contributed by atoms with Gasteiger partial charge < -0.3 is 10.6 Å². The molecule has 22 heavy (non-hydrogen) atoms. The lowest BCUT2D eigenvalue weighted by atomic mass is 10.1. The van der Waals surface area contributed by atoms with Gasteiger partial charge in [-0.3, -0.25) is 4.79 Å². The first-order chi connectivity index (χ1) is 10.5. The molecular weight excluding hydrogens is 302 g/mol. The zero-order valence-corrected chi connectivity index (χ0v) is 13.6. The number of rotatable bonds is 7. The van der Waals surface area contributed by atoms with Gasteiger partial charge in [0.15, 0.2) is 0 Å². The summed E-state index contributed by atoms with van der Waals surface area (Å²) in [5, 5.41) is 6.27. The molecule has 0 aromatic heterocycles. The molecule has 7 heteroatoms.